The predicted octanol–water partition coefficient (Wildman–Crippen LogP) is 11.2. The predicted molar refractivity (Wildman–Crippen MR) is 173 cm³/mol. The van der Waals surface area contributed by atoms with Crippen molar-refractivity contribution in [1.29, 1.82) is 0 Å². The minimum absolute atomic E-state index is 0.142. The van der Waals surface area contributed by atoms with E-state index in [1.54, 1.807) is 0 Å². The van der Waals surface area contributed by atoms with Crippen LogP contribution in [0.4, 0.5) is 0 Å². The van der Waals surface area contributed by atoms with Crippen molar-refractivity contribution in [2.24, 2.45) is 0 Å². The average Bonchev–Trinajstić information content (AvgIpc) is 2.71. The molecule has 0 aromatic heterocycles. The van der Waals surface area contributed by atoms with Gasteiger partial charge in [-0.05, 0) is 125 Å². The Kier molecular flexibility index (Phi) is 38.6. The summed E-state index contributed by atoms with van der Waals surface area (Å²) in [5.74, 6) is 0. The molecular weight excluding hydrogens is 698 g/mol. The first-order chi connectivity index (χ1) is 18.7. The minimum atomic E-state index is -1.18. The Morgan fingerprint density at radius 1 is 0.268 bits per heavy atom. The van der Waals surface area contributed by atoms with Gasteiger partial charge in [0.15, 0.2) is 0 Å². The zero-order chi connectivity index (χ0) is 33.3. The summed E-state index contributed by atoms with van der Waals surface area (Å²) in [4.78, 5) is 0. The maximum atomic E-state index is 5.49. The molecular formula is C27H63ClO9P3Ru. The maximum absolute atomic E-state index is 5.49. The molecule has 255 valence electrons. The van der Waals surface area contributed by atoms with Crippen molar-refractivity contribution in [3.8, 4) is 0 Å². The Morgan fingerprint density at radius 2 is 0.341 bits per heavy atom. The summed E-state index contributed by atoms with van der Waals surface area (Å²) in [5.41, 5.74) is 0. The SMILES string of the molecule is CC(C)OP(OC(C)C)OC(C)C.CC(C)OP(OC(C)C)OC(C)C.CC(C)OP(OC(C)C)OC(C)C.[Cl][Ru]. The van der Waals surface area contributed by atoms with Crippen LogP contribution in [-0.4, -0.2) is 54.9 Å². The summed E-state index contributed by atoms with van der Waals surface area (Å²) in [7, 11) is 1.03. The molecule has 41 heavy (non-hydrogen) atoms. The molecule has 0 rings (SSSR count). The first-order valence-electron chi connectivity index (χ1n) is 14.3. The summed E-state index contributed by atoms with van der Waals surface area (Å²) in [5, 5.41) is 0. The van der Waals surface area contributed by atoms with Crippen LogP contribution in [0.1, 0.15) is 125 Å². The van der Waals surface area contributed by atoms with Crippen LogP contribution in [0.5, 0.6) is 0 Å². The Morgan fingerprint density at radius 3 is 0.390 bits per heavy atom. The molecule has 0 N–H and O–H groups in total. The molecule has 0 aliphatic carbocycles. The van der Waals surface area contributed by atoms with E-state index in [9.17, 15) is 0 Å². The third-order valence-corrected chi connectivity index (χ3v) is 8.02. The van der Waals surface area contributed by atoms with Gasteiger partial charge in [0.05, 0.1) is 54.9 Å². The standard InChI is InChI=1S/3C9H21O3P.ClH.Ru/c3*1-7(2)10-13(11-8(3)4)12-9(5)6;;/h3*7-9H,1-6H3;1H;/q;;;;+1/p-1. The molecule has 0 aromatic rings. The van der Waals surface area contributed by atoms with Crippen LogP contribution in [0.15, 0.2) is 0 Å². The Labute approximate surface area is 272 Å². The topological polar surface area (TPSA) is 83.1 Å². The molecule has 0 aliphatic heterocycles. The van der Waals surface area contributed by atoms with Crippen LogP contribution < -0.4 is 0 Å². The van der Waals surface area contributed by atoms with Crippen molar-refractivity contribution in [2.45, 2.75) is 180 Å². The van der Waals surface area contributed by atoms with Gasteiger partial charge < -0.3 is 40.7 Å². The van der Waals surface area contributed by atoms with Gasteiger partial charge in [-0.1, -0.05) is 0 Å². The average molecular weight is 761 g/mol. The Hall–Kier alpha value is 1.84. The normalized spacial score (nSPS) is 12.0. The molecule has 9 nitrogen and oxygen atoms in total. The molecule has 0 unspecified atom stereocenters. The van der Waals surface area contributed by atoms with E-state index in [0.717, 1.165) is 0 Å². The van der Waals surface area contributed by atoms with E-state index in [1.165, 1.54) is 0 Å². The van der Waals surface area contributed by atoms with Crippen molar-refractivity contribution < 1.29 is 58.0 Å². The zero-order valence-corrected chi connectivity index (χ0v) is 34.1. The summed E-state index contributed by atoms with van der Waals surface area (Å²) in [6, 6.07) is 0. The van der Waals surface area contributed by atoms with Gasteiger partial charge in [-0.3, -0.25) is 0 Å². The van der Waals surface area contributed by atoms with Crippen LogP contribution in [-0.2, 0) is 58.0 Å². The van der Waals surface area contributed by atoms with Crippen molar-refractivity contribution in [2.75, 3.05) is 0 Å². The van der Waals surface area contributed by atoms with Crippen LogP contribution in [0.3, 0.4) is 0 Å². The van der Waals surface area contributed by atoms with Crippen LogP contribution in [0, 0.1) is 0 Å². The van der Waals surface area contributed by atoms with Gasteiger partial charge in [-0.15, -0.1) is 0 Å². The molecule has 0 fully saturated rings. The van der Waals surface area contributed by atoms with Crippen molar-refractivity contribution in [3.63, 3.8) is 0 Å². The molecule has 0 amide bonds. The molecule has 0 atom stereocenters. The first kappa shape index (κ1) is 49.7. The molecule has 0 saturated carbocycles. The van der Waals surface area contributed by atoms with Gasteiger partial charge in [0.25, 0.3) is 0 Å². The number of halogens is 1. The monoisotopic (exact) mass is 761 g/mol. The fourth-order valence-electron chi connectivity index (χ4n) is 1.77. The molecule has 14 heteroatoms. The summed E-state index contributed by atoms with van der Waals surface area (Å²) >= 11 is 1.82. The Balaban J connectivity index is -0.000000243. The molecule has 0 saturated heterocycles. The van der Waals surface area contributed by atoms with Crippen LogP contribution in [0.25, 0.3) is 0 Å². The molecule has 0 bridgehead atoms. The van der Waals surface area contributed by atoms with E-state index in [-0.39, 0.29) is 54.9 Å². The number of rotatable bonds is 18. The van der Waals surface area contributed by atoms with Gasteiger partial charge in [-0.25, -0.2) is 0 Å². The quantitative estimate of drug-likeness (QED) is 0.100. The van der Waals surface area contributed by atoms with E-state index in [2.05, 4.69) is 9.69 Å². The Bertz CT molecular complexity index is 392. The van der Waals surface area contributed by atoms with Crippen LogP contribution >= 0.6 is 35.5 Å². The second kappa shape index (κ2) is 31.8. The van der Waals surface area contributed by atoms with E-state index >= 15 is 0 Å². The fourth-order valence-corrected chi connectivity index (χ4v) is 5.32. The van der Waals surface area contributed by atoms with E-state index < -0.39 is 25.8 Å². The number of hydrogen-bond donors (Lipinski definition) is 0. The summed E-state index contributed by atoms with van der Waals surface area (Å²) in [6.45, 7) is 35.5. The fraction of sp³-hybridized carbons (Fsp3) is 1.00. The van der Waals surface area contributed by atoms with Crippen molar-refractivity contribution in [3.05, 3.63) is 0 Å². The van der Waals surface area contributed by atoms with E-state index in [1.807, 2.05) is 142 Å². The van der Waals surface area contributed by atoms with E-state index in [0.29, 0.717) is 0 Å². The van der Waals surface area contributed by atoms with Gasteiger partial charge >= 0.3 is 52.8 Å². The molecule has 0 radical (unpaired) electrons. The third kappa shape index (κ3) is 46.4. The second-order valence-corrected chi connectivity index (χ2v) is 14.3. The molecule has 0 spiro atoms. The first-order valence-corrected chi connectivity index (χ1v) is 19.8. The zero-order valence-electron chi connectivity index (χ0n) is 28.9. The summed E-state index contributed by atoms with van der Waals surface area (Å²) in [6.07, 6.45) is 1.28. The van der Waals surface area contributed by atoms with Crippen LogP contribution in [0.2, 0.25) is 0 Å². The third-order valence-electron chi connectivity index (χ3n) is 2.67. The van der Waals surface area contributed by atoms with Gasteiger partial charge in [0.2, 0.25) is 0 Å². The molecule has 0 heterocycles. The van der Waals surface area contributed by atoms with Crippen molar-refractivity contribution >= 4 is 35.5 Å². The van der Waals surface area contributed by atoms with E-state index in [4.69, 9.17) is 40.7 Å². The molecule has 0 aliphatic rings. The van der Waals surface area contributed by atoms with Crippen molar-refractivity contribution in [1.82, 2.24) is 0 Å². The van der Waals surface area contributed by atoms with Gasteiger partial charge in [0, 0.05) is 0 Å². The van der Waals surface area contributed by atoms with Gasteiger partial charge in [0.1, 0.15) is 0 Å². The second-order valence-electron chi connectivity index (χ2n) is 11.1. The molecule has 0 aromatic carbocycles. The number of hydrogen-bond acceptors (Lipinski definition) is 9. The summed E-state index contributed by atoms with van der Waals surface area (Å²) < 4.78 is 49.4. The van der Waals surface area contributed by atoms with Gasteiger partial charge in [-0.2, -0.15) is 0 Å².